The van der Waals surface area contributed by atoms with Crippen molar-refractivity contribution in [1.29, 1.82) is 0 Å². The van der Waals surface area contributed by atoms with Crippen molar-refractivity contribution in [2.45, 2.75) is 44.7 Å². The predicted molar refractivity (Wildman–Crippen MR) is 99.4 cm³/mol. The molecule has 0 bridgehead atoms. The molecule has 2 aliphatic rings. The fourth-order valence-corrected chi connectivity index (χ4v) is 4.33. The Morgan fingerprint density at radius 2 is 1.76 bits per heavy atom. The molecule has 136 valence electrons. The molecule has 2 fully saturated rings. The van der Waals surface area contributed by atoms with Crippen molar-refractivity contribution in [3.8, 4) is 0 Å². The van der Waals surface area contributed by atoms with E-state index in [0.29, 0.717) is 18.7 Å². The summed E-state index contributed by atoms with van der Waals surface area (Å²) in [5.74, 6) is 0.212. The normalized spacial score (nSPS) is 19.7. The standard InChI is InChI=1S/C19H25BrN2O3/c1-14(23)22(18-7-11-25-12-8-18)17-5-9-21(10-6-17)19(24)15-3-2-4-16(20)13-15/h2-4,13,17-18H,5-12H2,1H3. The molecule has 25 heavy (non-hydrogen) atoms. The van der Waals surface area contributed by atoms with Gasteiger partial charge in [-0.2, -0.15) is 0 Å². The van der Waals surface area contributed by atoms with Crippen LogP contribution in [-0.2, 0) is 9.53 Å². The van der Waals surface area contributed by atoms with Crippen LogP contribution in [0.2, 0.25) is 0 Å². The molecule has 2 aliphatic heterocycles. The van der Waals surface area contributed by atoms with Crippen LogP contribution in [0.5, 0.6) is 0 Å². The van der Waals surface area contributed by atoms with Crippen LogP contribution < -0.4 is 0 Å². The highest BCUT2D eigenvalue weighted by atomic mass is 79.9. The quantitative estimate of drug-likeness (QED) is 0.771. The number of halogens is 1. The van der Waals surface area contributed by atoms with Gasteiger partial charge in [-0.1, -0.05) is 22.0 Å². The third-order valence-corrected chi connectivity index (χ3v) is 5.66. The molecule has 0 unspecified atom stereocenters. The maximum atomic E-state index is 12.7. The van der Waals surface area contributed by atoms with E-state index < -0.39 is 0 Å². The number of nitrogens with zero attached hydrogens (tertiary/aromatic N) is 2. The van der Waals surface area contributed by atoms with Crippen LogP contribution in [0.1, 0.15) is 43.0 Å². The van der Waals surface area contributed by atoms with Gasteiger partial charge < -0.3 is 14.5 Å². The zero-order chi connectivity index (χ0) is 17.8. The molecule has 1 aromatic carbocycles. The second-order valence-electron chi connectivity index (χ2n) is 6.80. The van der Waals surface area contributed by atoms with Crippen molar-refractivity contribution in [3.05, 3.63) is 34.3 Å². The van der Waals surface area contributed by atoms with Crippen LogP contribution >= 0.6 is 15.9 Å². The molecule has 0 saturated carbocycles. The van der Waals surface area contributed by atoms with E-state index in [-0.39, 0.29) is 23.9 Å². The first-order chi connectivity index (χ1) is 12.1. The van der Waals surface area contributed by atoms with Gasteiger partial charge in [0.15, 0.2) is 0 Å². The summed E-state index contributed by atoms with van der Waals surface area (Å²) in [6, 6.07) is 8.02. The lowest BCUT2D eigenvalue weighted by Gasteiger charge is -2.43. The Hall–Kier alpha value is -1.40. The van der Waals surface area contributed by atoms with Gasteiger partial charge in [0.05, 0.1) is 0 Å². The minimum atomic E-state index is 0.0696. The summed E-state index contributed by atoms with van der Waals surface area (Å²) in [5, 5.41) is 0. The molecule has 0 atom stereocenters. The van der Waals surface area contributed by atoms with E-state index in [4.69, 9.17) is 4.74 Å². The topological polar surface area (TPSA) is 49.9 Å². The summed E-state index contributed by atoms with van der Waals surface area (Å²) in [6.07, 6.45) is 3.51. The van der Waals surface area contributed by atoms with Crippen molar-refractivity contribution in [3.63, 3.8) is 0 Å². The number of amides is 2. The second kappa shape index (κ2) is 8.32. The van der Waals surface area contributed by atoms with Gasteiger partial charge in [0.2, 0.25) is 5.91 Å². The fourth-order valence-electron chi connectivity index (χ4n) is 3.93. The van der Waals surface area contributed by atoms with Gasteiger partial charge in [-0.3, -0.25) is 9.59 Å². The Balaban J connectivity index is 1.62. The number of carbonyl (C=O) groups is 2. The molecule has 0 radical (unpaired) electrons. The van der Waals surface area contributed by atoms with E-state index in [2.05, 4.69) is 20.8 Å². The van der Waals surface area contributed by atoms with Crippen LogP contribution in [0.15, 0.2) is 28.7 Å². The van der Waals surface area contributed by atoms with Crippen LogP contribution in [0.3, 0.4) is 0 Å². The lowest BCUT2D eigenvalue weighted by molar-refractivity contribution is -0.137. The largest absolute Gasteiger partial charge is 0.381 e. The molecular formula is C19H25BrN2O3. The Morgan fingerprint density at radius 1 is 1.12 bits per heavy atom. The third kappa shape index (κ3) is 4.42. The van der Waals surface area contributed by atoms with E-state index in [1.807, 2.05) is 29.2 Å². The maximum Gasteiger partial charge on any atom is 0.253 e. The van der Waals surface area contributed by atoms with E-state index >= 15 is 0 Å². The smallest absolute Gasteiger partial charge is 0.253 e. The number of hydrogen-bond donors (Lipinski definition) is 0. The molecule has 6 heteroatoms. The summed E-state index contributed by atoms with van der Waals surface area (Å²) in [5.41, 5.74) is 0.709. The first-order valence-electron chi connectivity index (χ1n) is 8.98. The van der Waals surface area contributed by atoms with Crippen LogP contribution in [0, 0.1) is 0 Å². The third-order valence-electron chi connectivity index (χ3n) is 5.16. The zero-order valence-corrected chi connectivity index (χ0v) is 16.2. The highest BCUT2D eigenvalue weighted by Gasteiger charge is 2.33. The van der Waals surface area contributed by atoms with Crippen LogP contribution in [0.25, 0.3) is 0 Å². The minimum absolute atomic E-state index is 0.0696. The average Bonchev–Trinajstić information content (AvgIpc) is 2.62. The number of rotatable bonds is 3. The summed E-state index contributed by atoms with van der Waals surface area (Å²) in [4.78, 5) is 28.9. The molecule has 2 heterocycles. The molecular weight excluding hydrogens is 384 g/mol. The average molecular weight is 409 g/mol. The molecule has 5 nitrogen and oxygen atoms in total. The Bertz CT molecular complexity index is 623. The summed E-state index contributed by atoms with van der Waals surface area (Å²) in [7, 11) is 0. The fraction of sp³-hybridized carbons (Fsp3) is 0.579. The van der Waals surface area contributed by atoms with Gasteiger partial charge in [0.1, 0.15) is 0 Å². The van der Waals surface area contributed by atoms with E-state index in [0.717, 1.165) is 43.4 Å². The molecule has 2 amide bonds. The molecule has 0 spiro atoms. The lowest BCUT2D eigenvalue weighted by atomic mass is 9.97. The molecule has 3 rings (SSSR count). The highest BCUT2D eigenvalue weighted by Crippen LogP contribution is 2.25. The molecule has 0 N–H and O–H groups in total. The van der Waals surface area contributed by atoms with Gasteiger partial charge in [-0.05, 0) is 43.9 Å². The maximum absolute atomic E-state index is 12.7. The van der Waals surface area contributed by atoms with E-state index in [1.165, 1.54) is 0 Å². The van der Waals surface area contributed by atoms with Gasteiger partial charge >= 0.3 is 0 Å². The Kier molecular flexibility index (Phi) is 6.12. The predicted octanol–water partition coefficient (Wildman–Crippen LogP) is 3.08. The van der Waals surface area contributed by atoms with Crippen molar-refractivity contribution in [2.75, 3.05) is 26.3 Å². The van der Waals surface area contributed by atoms with Crippen molar-refractivity contribution in [2.24, 2.45) is 0 Å². The number of piperidine rings is 1. The number of hydrogen-bond acceptors (Lipinski definition) is 3. The van der Waals surface area contributed by atoms with Gasteiger partial charge in [-0.25, -0.2) is 0 Å². The SMILES string of the molecule is CC(=O)N(C1CCOCC1)C1CCN(C(=O)c2cccc(Br)c2)CC1. The molecule has 2 saturated heterocycles. The van der Waals surface area contributed by atoms with E-state index in [9.17, 15) is 9.59 Å². The van der Waals surface area contributed by atoms with Gasteiger partial charge in [0.25, 0.3) is 5.91 Å². The van der Waals surface area contributed by atoms with Crippen molar-refractivity contribution < 1.29 is 14.3 Å². The van der Waals surface area contributed by atoms with Crippen molar-refractivity contribution in [1.82, 2.24) is 9.80 Å². The summed E-state index contributed by atoms with van der Waals surface area (Å²) in [6.45, 7) is 4.52. The molecule has 0 aromatic heterocycles. The monoisotopic (exact) mass is 408 g/mol. The van der Waals surface area contributed by atoms with E-state index in [1.54, 1.807) is 6.92 Å². The van der Waals surface area contributed by atoms with Crippen LogP contribution in [0.4, 0.5) is 0 Å². The lowest BCUT2D eigenvalue weighted by Crippen LogP contribution is -2.53. The Morgan fingerprint density at radius 3 is 2.36 bits per heavy atom. The zero-order valence-electron chi connectivity index (χ0n) is 14.6. The van der Waals surface area contributed by atoms with Gasteiger partial charge in [0, 0.05) is 55.3 Å². The number of ether oxygens (including phenoxy) is 1. The van der Waals surface area contributed by atoms with Crippen LogP contribution in [-0.4, -0.2) is 60.0 Å². The number of benzene rings is 1. The second-order valence-corrected chi connectivity index (χ2v) is 7.72. The van der Waals surface area contributed by atoms with Crippen molar-refractivity contribution >= 4 is 27.7 Å². The Labute approximate surface area is 157 Å². The summed E-state index contributed by atoms with van der Waals surface area (Å²) < 4.78 is 6.34. The molecule has 1 aromatic rings. The van der Waals surface area contributed by atoms with Gasteiger partial charge in [-0.15, -0.1) is 0 Å². The highest BCUT2D eigenvalue weighted by molar-refractivity contribution is 9.10. The number of carbonyl (C=O) groups excluding carboxylic acids is 2. The first-order valence-corrected chi connectivity index (χ1v) is 9.77. The minimum Gasteiger partial charge on any atom is -0.381 e. The molecule has 0 aliphatic carbocycles. The summed E-state index contributed by atoms with van der Waals surface area (Å²) >= 11 is 3.42. The first kappa shape index (κ1) is 18.4. The number of likely N-dealkylation sites (tertiary alicyclic amines) is 1.